The topological polar surface area (TPSA) is 99.7 Å². The van der Waals surface area contributed by atoms with E-state index in [4.69, 9.17) is 22.7 Å². The van der Waals surface area contributed by atoms with Crippen molar-refractivity contribution in [2.45, 2.75) is 0 Å². The molecule has 0 spiro atoms. The fraction of sp³-hybridized carbons (Fsp3) is 0. The van der Waals surface area contributed by atoms with Crippen molar-refractivity contribution in [2.24, 2.45) is 5.84 Å². The molecule has 2 rings (SSSR count). The molecule has 6 nitrogen and oxygen atoms in total. The molecule has 1 aromatic carbocycles. The van der Waals surface area contributed by atoms with Gasteiger partial charge >= 0.3 is 0 Å². The van der Waals surface area contributed by atoms with Crippen LogP contribution in [0.25, 0.3) is 0 Å². The quantitative estimate of drug-likeness (QED) is 0.588. The first-order chi connectivity index (χ1) is 9.13. The van der Waals surface area contributed by atoms with Gasteiger partial charge in [0.1, 0.15) is 6.07 Å². The summed E-state index contributed by atoms with van der Waals surface area (Å²) >= 11 is 5.83. The van der Waals surface area contributed by atoms with Gasteiger partial charge in [-0.15, -0.1) is 0 Å². The summed E-state index contributed by atoms with van der Waals surface area (Å²) in [6, 6.07) is 6.54. The summed E-state index contributed by atoms with van der Waals surface area (Å²) in [5.74, 6) is 4.40. The molecule has 4 N–H and O–H groups in total. The molecule has 0 saturated carbocycles. The van der Waals surface area contributed by atoms with E-state index in [1.54, 1.807) is 6.07 Å². The van der Waals surface area contributed by atoms with E-state index in [-0.39, 0.29) is 11.8 Å². The maximum atomic E-state index is 13.6. The largest absolute Gasteiger partial charge is 0.336 e. The van der Waals surface area contributed by atoms with Gasteiger partial charge in [-0.2, -0.15) is 10.2 Å². The van der Waals surface area contributed by atoms with Crippen molar-refractivity contribution < 1.29 is 4.39 Å². The number of hydrogen-bond acceptors (Lipinski definition) is 6. The number of hydrazine groups is 1. The molecule has 0 aliphatic heterocycles. The Bertz CT molecular complexity index is 654. The van der Waals surface area contributed by atoms with Crippen LogP contribution < -0.4 is 16.6 Å². The van der Waals surface area contributed by atoms with Crippen molar-refractivity contribution >= 4 is 29.1 Å². The highest BCUT2D eigenvalue weighted by Crippen LogP contribution is 2.24. The lowest BCUT2D eigenvalue weighted by molar-refractivity contribution is 0.619. The van der Waals surface area contributed by atoms with Gasteiger partial charge in [-0.05, 0) is 18.2 Å². The summed E-state index contributed by atoms with van der Waals surface area (Å²) in [5, 5.41) is 12.1. The molecule has 2 aromatic rings. The van der Waals surface area contributed by atoms with Crippen molar-refractivity contribution in [3.8, 4) is 6.07 Å². The molecular formula is C11H8ClFN6. The van der Waals surface area contributed by atoms with Crippen LogP contribution in [0.2, 0.25) is 5.02 Å². The Labute approximate surface area is 113 Å². The number of nitrogen functional groups attached to an aromatic ring is 1. The molecule has 0 atom stereocenters. The molecule has 0 saturated heterocycles. The van der Waals surface area contributed by atoms with E-state index in [9.17, 15) is 4.39 Å². The molecule has 0 bridgehead atoms. The third kappa shape index (κ3) is 2.88. The number of nitrogens with zero attached hydrogens (tertiary/aromatic N) is 3. The average molecular weight is 279 g/mol. The van der Waals surface area contributed by atoms with Gasteiger partial charge in [0.05, 0.1) is 17.4 Å². The number of rotatable bonds is 3. The third-order valence-corrected chi connectivity index (χ3v) is 2.46. The monoisotopic (exact) mass is 278 g/mol. The summed E-state index contributed by atoms with van der Waals surface area (Å²) in [4.78, 5) is 7.41. The van der Waals surface area contributed by atoms with Crippen molar-refractivity contribution in [2.75, 3.05) is 10.7 Å². The maximum Gasteiger partial charge on any atom is 0.239 e. The van der Waals surface area contributed by atoms with E-state index in [1.807, 2.05) is 6.07 Å². The molecule has 0 fully saturated rings. The zero-order valence-electron chi connectivity index (χ0n) is 9.48. The minimum atomic E-state index is -0.678. The van der Waals surface area contributed by atoms with Gasteiger partial charge in [-0.1, -0.05) is 11.6 Å². The van der Waals surface area contributed by atoms with Gasteiger partial charge < -0.3 is 5.32 Å². The number of anilines is 3. The van der Waals surface area contributed by atoms with Gasteiger partial charge in [-0.3, -0.25) is 5.43 Å². The first-order valence-electron chi connectivity index (χ1n) is 5.10. The molecular weight excluding hydrogens is 271 g/mol. The normalized spacial score (nSPS) is 9.79. The number of aromatic nitrogens is 2. The highest BCUT2D eigenvalue weighted by atomic mass is 35.5. The Morgan fingerprint density at radius 1 is 1.42 bits per heavy atom. The molecule has 1 heterocycles. The van der Waals surface area contributed by atoms with E-state index >= 15 is 0 Å². The zero-order valence-corrected chi connectivity index (χ0v) is 10.2. The second kappa shape index (κ2) is 5.48. The van der Waals surface area contributed by atoms with Crippen molar-refractivity contribution in [3.63, 3.8) is 0 Å². The summed E-state index contributed by atoms with van der Waals surface area (Å²) < 4.78 is 13.6. The molecule has 0 unspecified atom stereocenters. The Balaban J connectivity index is 2.41. The zero-order chi connectivity index (χ0) is 13.8. The number of nitrogens with two attached hydrogens (primary N) is 1. The van der Waals surface area contributed by atoms with Crippen LogP contribution in [0.4, 0.5) is 21.8 Å². The van der Waals surface area contributed by atoms with Crippen LogP contribution in [-0.4, -0.2) is 9.97 Å². The first-order valence-corrected chi connectivity index (χ1v) is 5.47. The van der Waals surface area contributed by atoms with E-state index < -0.39 is 5.82 Å². The highest BCUT2D eigenvalue weighted by Gasteiger charge is 2.10. The van der Waals surface area contributed by atoms with Crippen LogP contribution in [0.5, 0.6) is 0 Å². The average Bonchev–Trinajstić information content (AvgIpc) is 2.41. The summed E-state index contributed by atoms with van der Waals surface area (Å²) in [5.41, 5.74) is 2.85. The number of nitrogens with one attached hydrogen (secondary N) is 2. The van der Waals surface area contributed by atoms with Crippen LogP contribution in [0.15, 0.2) is 24.4 Å². The molecule has 0 aliphatic rings. The van der Waals surface area contributed by atoms with E-state index in [0.29, 0.717) is 16.3 Å². The molecule has 8 heteroatoms. The minimum Gasteiger partial charge on any atom is -0.336 e. The Morgan fingerprint density at radius 2 is 2.21 bits per heavy atom. The lowest BCUT2D eigenvalue weighted by Gasteiger charge is -2.09. The number of halogens is 2. The Hall–Kier alpha value is -2.43. The molecule has 0 radical (unpaired) electrons. The summed E-state index contributed by atoms with van der Waals surface area (Å²) in [6.07, 6.45) is 0.959. The van der Waals surface area contributed by atoms with Crippen molar-refractivity contribution in [1.29, 1.82) is 5.26 Å². The van der Waals surface area contributed by atoms with Gasteiger partial charge in [-0.25, -0.2) is 15.2 Å². The molecule has 0 aliphatic carbocycles. The summed E-state index contributed by atoms with van der Waals surface area (Å²) in [7, 11) is 0. The number of benzene rings is 1. The fourth-order valence-electron chi connectivity index (χ4n) is 1.37. The maximum absolute atomic E-state index is 13.6. The molecule has 0 amide bonds. The van der Waals surface area contributed by atoms with E-state index in [2.05, 4.69) is 20.7 Å². The van der Waals surface area contributed by atoms with E-state index in [1.165, 1.54) is 12.1 Å². The second-order valence-corrected chi connectivity index (χ2v) is 3.90. The smallest absolute Gasteiger partial charge is 0.239 e. The second-order valence-electron chi connectivity index (χ2n) is 3.46. The molecule has 96 valence electrons. The van der Waals surface area contributed by atoms with E-state index in [0.717, 1.165) is 6.20 Å². The number of nitriles is 1. The SMILES string of the molecule is N#Cc1ccc(Cl)cc1Nc1nc(NN)ncc1F. The van der Waals surface area contributed by atoms with Gasteiger partial charge in [0.2, 0.25) is 5.95 Å². The van der Waals surface area contributed by atoms with Gasteiger partial charge in [0, 0.05) is 5.02 Å². The van der Waals surface area contributed by atoms with Crippen LogP contribution >= 0.6 is 11.6 Å². The summed E-state index contributed by atoms with van der Waals surface area (Å²) in [6.45, 7) is 0. The minimum absolute atomic E-state index is 0.0458. The fourth-order valence-corrected chi connectivity index (χ4v) is 1.54. The standard InChI is InChI=1S/C11H8ClFN6/c12-7-2-1-6(4-14)9(3-7)17-10-8(13)5-16-11(18-10)19-15/h1-3,5H,15H2,(H2,16,17,18,19). The van der Waals surface area contributed by atoms with Gasteiger partial charge in [0.15, 0.2) is 11.6 Å². The predicted octanol–water partition coefficient (Wildman–Crippen LogP) is 2.17. The van der Waals surface area contributed by atoms with Crippen LogP contribution in [0.3, 0.4) is 0 Å². The Morgan fingerprint density at radius 3 is 2.89 bits per heavy atom. The van der Waals surface area contributed by atoms with Gasteiger partial charge in [0.25, 0.3) is 0 Å². The lowest BCUT2D eigenvalue weighted by atomic mass is 10.2. The Kier molecular flexibility index (Phi) is 3.75. The lowest BCUT2D eigenvalue weighted by Crippen LogP contribution is -2.12. The third-order valence-electron chi connectivity index (χ3n) is 2.23. The van der Waals surface area contributed by atoms with Crippen LogP contribution in [-0.2, 0) is 0 Å². The highest BCUT2D eigenvalue weighted by molar-refractivity contribution is 6.30. The van der Waals surface area contributed by atoms with Crippen LogP contribution in [0.1, 0.15) is 5.56 Å². The van der Waals surface area contributed by atoms with Crippen molar-refractivity contribution in [3.05, 3.63) is 40.8 Å². The molecule has 19 heavy (non-hydrogen) atoms. The van der Waals surface area contributed by atoms with Crippen molar-refractivity contribution in [1.82, 2.24) is 9.97 Å². The first kappa shape index (κ1) is 13.0. The number of hydrogen-bond donors (Lipinski definition) is 3. The predicted molar refractivity (Wildman–Crippen MR) is 69.2 cm³/mol. The molecule has 1 aromatic heterocycles. The van der Waals surface area contributed by atoms with Crippen LogP contribution in [0, 0.1) is 17.1 Å².